The fraction of sp³-hybridized carbons (Fsp3) is 0.400. The van der Waals surface area contributed by atoms with Crippen LogP contribution < -0.4 is 11.1 Å². The SMILES string of the molecule is CC(=O)NCCN(C(C)C(=O)O)S(=O)(=O)c1ccc2c(c1)oc(=O)n2C. The van der Waals surface area contributed by atoms with Crippen molar-refractivity contribution in [2.24, 2.45) is 7.05 Å². The largest absolute Gasteiger partial charge is 0.480 e. The van der Waals surface area contributed by atoms with E-state index in [-0.39, 0.29) is 29.5 Å². The molecule has 2 rings (SSSR count). The second kappa shape index (κ2) is 7.30. The first-order valence-electron chi connectivity index (χ1n) is 7.64. The van der Waals surface area contributed by atoms with Gasteiger partial charge in [-0.05, 0) is 19.1 Å². The molecule has 0 aliphatic carbocycles. The number of carbonyl (C=O) groups is 2. The molecule has 0 aliphatic rings. The molecule has 1 aromatic heterocycles. The molecule has 0 radical (unpaired) electrons. The molecule has 142 valence electrons. The molecular formula is C15H19N3O7S. The quantitative estimate of drug-likeness (QED) is 0.669. The highest BCUT2D eigenvalue weighted by Gasteiger charge is 2.33. The summed E-state index contributed by atoms with van der Waals surface area (Å²) in [6.45, 7) is 2.22. The lowest BCUT2D eigenvalue weighted by Gasteiger charge is -2.25. The molecule has 0 aliphatic heterocycles. The number of benzene rings is 1. The minimum Gasteiger partial charge on any atom is -0.480 e. The van der Waals surface area contributed by atoms with Crippen LogP contribution in [0.2, 0.25) is 0 Å². The molecule has 1 unspecified atom stereocenters. The number of carboxylic acids is 1. The number of sulfonamides is 1. The summed E-state index contributed by atoms with van der Waals surface area (Å²) in [7, 11) is -2.73. The summed E-state index contributed by atoms with van der Waals surface area (Å²) in [4.78, 5) is 33.7. The zero-order chi connectivity index (χ0) is 19.6. The van der Waals surface area contributed by atoms with Crippen LogP contribution in [0.15, 0.2) is 32.3 Å². The molecule has 2 N–H and O–H groups in total. The molecule has 0 fully saturated rings. The number of aromatic nitrogens is 1. The van der Waals surface area contributed by atoms with Crippen LogP contribution in [0.4, 0.5) is 0 Å². The van der Waals surface area contributed by atoms with Gasteiger partial charge in [0.05, 0.1) is 10.4 Å². The Kier molecular flexibility index (Phi) is 5.52. The van der Waals surface area contributed by atoms with Gasteiger partial charge < -0.3 is 14.8 Å². The smallest absolute Gasteiger partial charge is 0.419 e. The van der Waals surface area contributed by atoms with Crippen molar-refractivity contribution in [3.8, 4) is 0 Å². The minimum absolute atomic E-state index is 0.0468. The van der Waals surface area contributed by atoms with Gasteiger partial charge in [0, 0.05) is 33.1 Å². The van der Waals surface area contributed by atoms with Crippen LogP contribution in [0.3, 0.4) is 0 Å². The Hall–Kier alpha value is -2.66. The second-order valence-electron chi connectivity index (χ2n) is 5.67. The maximum Gasteiger partial charge on any atom is 0.419 e. The average Bonchev–Trinajstić information content (AvgIpc) is 2.84. The van der Waals surface area contributed by atoms with Gasteiger partial charge in [0.15, 0.2) is 5.58 Å². The highest BCUT2D eigenvalue weighted by atomic mass is 32.2. The molecule has 1 atom stereocenters. The molecule has 1 amide bonds. The second-order valence-corrected chi connectivity index (χ2v) is 7.56. The van der Waals surface area contributed by atoms with Gasteiger partial charge in [-0.15, -0.1) is 0 Å². The van der Waals surface area contributed by atoms with Crippen LogP contribution in [-0.2, 0) is 26.7 Å². The molecule has 0 bridgehead atoms. The number of hydrogen-bond acceptors (Lipinski definition) is 6. The molecule has 0 spiro atoms. The van der Waals surface area contributed by atoms with Crippen molar-refractivity contribution in [1.82, 2.24) is 14.2 Å². The van der Waals surface area contributed by atoms with E-state index in [1.807, 2.05) is 0 Å². The maximum atomic E-state index is 12.9. The monoisotopic (exact) mass is 385 g/mol. The number of carboxylic acid groups (broad SMARTS) is 1. The lowest BCUT2D eigenvalue weighted by Crippen LogP contribution is -2.46. The van der Waals surface area contributed by atoms with Crippen molar-refractivity contribution in [3.05, 3.63) is 28.7 Å². The van der Waals surface area contributed by atoms with Gasteiger partial charge in [0.1, 0.15) is 6.04 Å². The molecule has 2 aromatic rings. The number of carbonyl (C=O) groups excluding carboxylic acids is 1. The molecule has 1 aromatic carbocycles. The van der Waals surface area contributed by atoms with Crippen LogP contribution in [0.5, 0.6) is 0 Å². The Morgan fingerprint density at radius 2 is 2.04 bits per heavy atom. The Morgan fingerprint density at radius 3 is 2.62 bits per heavy atom. The van der Waals surface area contributed by atoms with Crippen LogP contribution in [0, 0.1) is 0 Å². The van der Waals surface area contributed by atoms with Gasteiger partial charge in [-0.1, -0.05) is 0 Å². The fourth-order valence-corrected chi connectivity index (χ4v) is 4.00. The van der Waals surface area contributed by atoms with E-state index < -0.39 is 27.8 Å². The highest BCUT2D eigenvalue weighted by Crippen LogP contribution is 2.22. The normalized spacial score (nSPS) is 13.1. The van der Waals surface area contributed by atoms with E-state index in [1.54, 1.807) is 0 Å². The first-order chi connectivity index (χ1) is 12.1. The van der Waals surface area contributed by atoms with E-state index in [1.165, 1.54) is 43.7 Å². The summed E-state index contributed by atoms with van der Waals surface area (Å²) < 4.78 is 32.8. The number of nitrogens with zero attached hydrogens (tertiary/aromatic N) is 2. The Morgan fingerprint density at radius 1 is 1.38 bits per heavy atom. The van der Waals surface area contributed by atoms with E-state index in [9.17, 15) is 27.9 Å². The van der Waals surface area contributed by atoms with E-state index in [0.29, 0.717) is 5.52 Å². The highest BCUT2D eigenvalue weighted by molar-refractivity contribution is 7.89. The first-order valence-corrected chi connectivity index (χ1v) is 9.08. The molecular weight excluding hydrogens is 366 g/mol. The van der Waals surface area contributed by atoms with Crippen LogP contribution in [0.1, 0.15) is 13.8 Å². The van der Waals surface area contributed by atoms with E-state index in [4.69, 9.17) is 4.42 Å². The Bertz CT molecular complexity index is 1010. The van der Waals surface area contributed by atoms with Gasteiger partial charge in [-0.2, -0.15) is 4.31 Å². The standard InChI is InChI=1S/C15H19N3O7S/c1-9(14(20)21)18(7-6-16-10(2)19)26(23,24)11-4-5-12-13(8-11)25-15(22)17(12)3/h4-5,8-9H,6-7H2,1-3H3,(H,16,19)(H,20,21). The van der Waals surface area contributed by atoms with Gasteiger partial charge in [0.2, 0.25) is 15.9 Å². The summed E-state index contributed by atoms with van der Waals surface area (Å²) in [6, 6.07) is 2.50. The third-order valence-corrected chi connectivity index (χ3v) is 5.83. The summed E-state index contributed by atoms with van der Waals surface area (Å²) >= 11 is 0. The minimum atomic E-state index is -4.21. The Balaban J connectivity index is 2.45. The van der Waals surface area contributed by atoms with Crippen LogP contribution >= 0.6 is 0 Å². The number of aliphatic carboxylic acids is 1. The summed E-state index contributed by atoms with van der Waals surface area (Å²) in [6.07, 6.45) is 0. The average molecular weight is 385 g/mol. The molecule has 0 saturated carbocycles. The van der Waals surface area contributed by atoms with Crippen molar-refractivity contribution in [2.75, 3.05) is 13.1 Å². The summed E-state index contributed by atoms with van der Waals surface area (Å²) in [5.74, 6) is -2.34. The number of fused-ring (bicyclic) bond motifs is 1. The summed E-state index contributed by atoms with van der Waals surface area (Å²) in [5.41, 5.74) is 0.480. The lowest BCUT2D eigenvalue weighted by molar-refractivity contribution is -0.140. The third kappa shape index (κ3) is 3.78. The first kappa shape index (κ1) is 19.7. The molecule has 11 heteroatoms. The van der Waals surface area contributed by atoms with Crippen molar-refractivity contribution in [2.45, 2.75) is 24.8 Å². The predicted octanol–water partition coefficient (Wildman–Crippen LogP) is -0.269. The molecule has 0 saturated heterocycles. The van der Waals surface area contributed by atoms with E-state index in [0.717, 1.165) is 4.31 Å². The van der Waals surface area contributed by atoms with Crippen molar-refractivity contribution in [3.63, 3.8) is 0 Å². The zero-order valence-corrected chi connectivity index (χ0v) is 15.2. The summed E-state index contributed by atoms with van der Waals surface area (Å²) in [5, 5.41) is 11.7. The molecule has 26 heavy (non-hydrogen) atoms. The Labute approximate surface area is 149 Å². The van der Waals surface area contributed by atoms with Crippen molar-refractivity contribution in [1.29, 1.82) is 0 Å². The lowest BCUT2D eigenvalue weighted by atomic mass is 10.3. The van der Waals surface area contributed by atoms with E-state index >= 15 is 0 Å². The fourth-order valence-electron chi connectivity index (χ4n) is 2.40. The van der Waals surface area contributed by atoms with E-state index in [2.05, 4.69) is 5.32 Å². The van der Waals surface area contributed by atoms with Gasteiger partial charge in [-0.3, -0.25) is 14.2 Å². The van der Waals surface area contributed by atoms with Gasteiger partial charge in [0.25, 0.3) is 0 Å². The topological polar surface area (TPSA) is 139 Å². The van der Waals surface area contributed by atoms with Crippen LogP contribution in [0.25, 0.3) is 11.1 Å². The van der Waals surface area contributed by atoms with Crippen molar-refractivity contribution >= 4 is 33.0 Å². The molecule has 10 nitrogen and oxygen atoms in total. The number of aryl methyl sites for hydroxylation is 1. The number of amides is 1. The number of hydrogen-bond donors (Lipinski definition) is 2. The predicted molar refractivity (Wildman–Crippen MR) is 91.1 cm³/mol. The number of rotatable bonds is 7. The number of oxazole rings is 1. The molecule has 1 heterocycles. The van der Waals surface area contributed by atoms with Crippen LogP contribution in [-0.4, -0.2) is 53.4 Å². The van der Waals surface area contributed by atoms with Gasteiger partial charge >= 0.3 is 11.7 Å². The maximum absolute atomic E-state index is 12.9. The van der Waals surface area contributed by atoms with Gasteiger partial charge in [-0.25, -0.2) is 13.2 Å². The zero-order valence-electron chi connectivity index (χ0n) is 14.4. The number of nitrogens with one attached hydrogen (secondary N) is 1. The third-order valence-electron chi connectivity index (χ3n) is 3.87. The van der Waals surface area contributed by atoms with Crippen molar-refractivity contribution < 1.29 is 27.5 Å².